The molecule has 2 fully saturated rings. The first kappa shape index (κ1) is 11.9. The molecule has 0 aromatic carbocycles. The van der Waals surface area contributed by atoms with Gasteiger partial charge in [-0.05, 0) is 38.6 Å². The molecule has 1 saturated carbocycles. The molecule has 1 heterocycles. The first-order valence-corrected chi connectivity index (χ1v) is 6.44. The molecule has 0 spiro atoms. The van der Waals surface area contributed by atoms with E-state index in [-0.39, 0.29) is 6.04 Å². The Kier molecular flexibility index (Phi) is 3.82. The number of hydrogen-bond donors (Lipinski definition) is 2. The molecule has 4 heteroatoms. The Morgan fingerprint density at radius 1 is 1.50 bits per heavy atom. The highest BCUT2D eigenvalue weighted by molar-refractivity contribution is 5.73. The van der Waals surface area contributed by atoms with Gasteiger partial charge in [-0.3, -0.25) is 9.69 Å². The highest BCUT2D eigenvalue weighted by Gasteiger charge is 2.37. The van der Waals surface area contributed by atoms with Crippen molar-refractivity contribution in [3.05, 3.63) is 0 Å². The first-order chi connectivity index (χ1) is 7.72. The summed E-state index contributed by atoms with van der Waals surface area (Å²) < 4.78 is 0. The van der Waals surface area contributed by atoms with Crippen LogP contribution in [0, 0.1) is 0 Å². The summed E-state index contributed by atoms with van der Waals surface area (Å²) in [6.07, 6.45) is 5.48. The van der Waals surface area contributed by atoms with Gasteiger partial charge < -0.3 is 10.4 Å². The van der Waals surface area contributed by atoms with E-state index in [0.29, 0.717) is 18.5 Å². The van der Waals surface area contributed by atoms with Crippen LogP contribution in [-0.4, -0.2) is 47.2 Å². The molecule has 0 aromatic rings. The molecule has 0 aromatic heterocycles. The van der Waals surface area contributed by atoms with E-state index in [1.54, 1.807) is 0 Å². The van der Waals surface area contributed by atoms with Crippen molar-refractivity contribution in [3.63, 3.8) is 0 Å². The molecule has 2 unspecified atom stereocenters. The molecule has 2 rings (SSSR count). The van der Waals surface area contributed by atoms with Crippen LogP contribution in [0.25, 0.3) is 0 Å². The summed E-state index contributed by atoms with van der Waals surface area (Å²) in [5.41, 5.74) is 0. The first-order valence-electron chi connectivity index (χ1n) is 6.44. The summed E-state index contributed by atoms with van der Waals surface area (Å²) in [4.78, 5) is 13.4. The summed E-state index contributed by atoms with van der Waals surface area (Å²) in [6.45, 7) is 3.97. The van der Waals surface area contributed by atoms with Crippen LogP contribution in [0.4, 0.5) is 0 Å². The average molecular weight is 226 g/mol. The molecule has 1 aliphatic heterocycles. The van der Waals surface area contributed by atoms with Crippen LogP contribution in [-0.2, 0) is 4.79 Å². The summed E-state index contributed by atoms with van der Waals surface area (Å²) in [7, 11) is 0. The SMILES string of the molecule is CCC(C(=O)O)N(CC1CCCN1)C1CC1. The topological polar surface area (TPSA) is 52.6 Å². The van der Waals surface area contributed by atoms with E-state index in [1.165, 1.54) is 25.7 Å². The standard InChI is InChI=1S/C12H22N2O2/c1-2-11(12(15)16)14(10-5-6-10)8-9-4-3-7-13-9/h9-11,13H,2-8H2,1H3,(H,15,16). The van der Waals surface area contributed by atoms with Crippen LogP contribution in [0.2, 0.25) is 0 Å². The molecule has 0 radical (unpaired) electrons. The number of carboxylic acids is 1. The molecular weight excluding hydrogens is 204 g/mol. The monoisotopic (exact) mass is 226 g/mol. The number of carboxylic acid groups (broad SMARTS) is 1. The zero-order valence-corrected chi connectivity index (χ0v) is 9.98. The lowest BCUT2D eigenvalue weighted by Gasteiger charge is -2.30. The van der Waals surface area contributed by atoms with Crippen LogP contribution in [0.15, 0.2) is 0 Å². The largest absolute Gasteiger partial charge is 0.480 e. The molecule has 1 aliphatic carbocycles. The van der Waals surface area contributed by atoms with Crippen LogP contribution < -0.4 is 5.32 Å². The minimum absolute atomic E-state index is 0.283. The number of nitrogens with zero attached hydrogens (tertiary/aromatic N) is 1. The lowest BCUT2D eigenvalue weighted by Crippen LogP contribution is -2.47. The lowest BCUT2D eigenvalue weighted by molar-refractivity contribution is -0.143. The smallest absolute Gasteiger partial charge is 0.320 e. The second kappa shape index (κ2) is 5.15. The van der Waals surface area contributed by atoms with Crippen LogP contribution in [0.3, 0.4) is 0 Å². The van der Waals surface area contributed by atoms with Crippen molar-refractivity contribution in [2.24, 2.45) is 0 Å². The quantitative estimate of drug-likeness (QED) is 0.711. The second-order valence-corrected chi connectivity index (χ2v) is 4.98. The number of nitrogens with one attached hydrogen (secondary N) is 1. The summed E-state index contributed by atoms with van der Waals surface area (Å²) >= 11 is 0. The predicted octanol–water partition coefficient (Wildman–Crippen LogP) is 1.07. The Labute approximate surface area is 97.0 Å². The summed E-state index contributed by atoms with van der Waals surface area (Å²) in [5, 5.41) is 12.7. The fraction of sp³-hybridized carbons (Fsp3) is 0.917. The van der Waals surface area contributed by atoms with Gasteiger partial charge >= 0.3 is 5.97 Å². The van der Waals surface area contributed by atoms with Crippen molar-refractivity contribution >= 4 is 5.97 Å². The van der Waals surface area contributed by atoms with Gasteiger partial charge in [-0.1, -0.05) is 6.92 Å². The van der Waals surface area contributed by atoms with Gasteiger partial charge in [0.1, 0.15) is 6.04 Å². The predicted molar refractivity (Wildman–Crippen MR) is 62.5 cm³/mol. The van der Waals surface area contributed by atoms with Crippen molar-refractivity contribution < 1.29 is 9.90 Å². The highest BCUT2D eigenvalue weighted by Crippen LogP contribution is 2.30. The van der Waals surface area contributed by atoms with Gasteiger partial charge in [0.2, 0.25) is 0 Å². The molecule has 2 N–H and O–H groups in total. The molecule has 0 bridgehead atoms. The molecule has 92 valence electrons. The Morgan fingerprint density at radius 2 is 2.25 bits per heavy atom. The molecule has 1 saturated heterocycles. The van der Waals surface area contributed by atoms with Gasteiger partial charge in [0.25, 0.3) is 0 Å². The molecule has 2 atom stereocenters. The maximum Gasteiger partial charge on any atom is 0.320 e. The number of hydrogen-bond acceptors (Lipinski definition) is 3. The fourth-order valence-electron chi connectivity index (χ4n) is 2.65. The van der Waals surface area contributed by atoms with E-state index in [2.05, 4.69) is 10.2 Å². The van der Waals surface area contributed by atoms with E-state index >= 15 is 0 Å². The minimum atomic E-state index is -0.660. The maximum absolute atomic E-state index is 11.2. The summed E-state index contributed by atoms with van der Waals surface area (Å²) in [6, 6.07) is 0.757. The van der Waals surface area contributed by atoms with Gasteiger partial charge in [0, 0.05) is 18.6 Å². The average Bonchev–Trinajstić information content (AvgIpc) is 2.96. The second-order valence-electron chi connectivity index (χ2n) is 4.98. The third-order valence-electron chi connectivity index (χ3n) is 3.68. The van der Waals surface area contributed by atoms with Gasteiger partial charge in [-0.25, -0.2) is 0 Å². The van der Waals surface area contributed by atoms with Crippen LogP contribution in [0.1, 0.15) is 39.0 Å². The third-order valence-corrected chi connectivity index (χ3v) is 3.68. The Bertz CT molecular complexity index is 247. The molecular formula is C12H22N2O2. The van der Waals surface area contributed by atoms with E-state index in [4.69, 9.17) is 0 Å². The summed E-state index contributed by atoms with van der Waals surface area (Å²) in [5.74, 6) is -0.660. The van der Waals surface area contributed by atoms with Crippen molar-refractivity contribution in [1.29, 1.82) is 0 Å². The minimum Gasteiger partial charge on any atom is -0.480 e. The fourth-order valence-corrected chi connectivity index (χ4v) is 2.65. The Hall–Kier alpha value is -0.610. The normalized spacial score (nSPS) is 27.2. The Balaban J connectivity index is 1.94. The van der Waals surface area contributed by atoms with Crippen molar-refractivity contribution in [1.82, 2.24) is 10.2 Å². The van der Waals surface area contributed by atoms with Crippen molar-refractivity contribution in [3.8, 4) is 0 Å². The molecule has 4 nitrogen and oxygen atoms in total. The van der Waals surface area contributed by atoms with E-state index < -0.39 is 5.97 Å². The molecule has 0 amide bonds. The highest BCUT2D eigenvalue weighted by atomic mass is 16.4. The Morgan fingerprint density at radius 3 is 2.69 bits per heavy atom. The van der Waals surface area contributed by atoms with Crippen LogP contribution in [0.5, 0.6) is 0 Å². The van der Waals surface area contributed by atoms with Gasteiger partial charge in [-0.2, -0.15) is 0 Å². The van der Waals surface area contributed by atoms with E-state index in [1.807, 2.05) is 6.92 Å². The molecule has 16 heavy (non-hydrogen) atoms. The number of rotatable bonds is 6. The van der Waals surface area contributed by atoms with Gasteiger partial charge in [-0.15, -0.1) is 0 Å². The van der Waals surface area contributed by atoms with Gasteiger partial charge in [0.15, 0.2) is 0 Å². The number of carbonyl (C=O) groups is 1. The van der Waals surface area contributed by atoms with Crippen LogP contribution >= 0.6 is 0 Å². The van der Waals surface area contributed by atoms with Gasteiger partial charge in [0.05, 0.1) is 0 Å². The molecule has 2 aliphatic rings. The maximum atomic E-state index is 11.2. The van der Waals surface area contributed by atoms with E-state index in [0.717, 1.165) is 13.1 Å². The zero-order valence-electron chi connectivity index (χ0n) is 9.98. The lowest BCUT2D eigenvalue weighted by atomic mass is 10.1. The van der Waals surface area contributed by atoms with Crippen molar-refractivity contribution in [2.45, 2.75) is 57.2 Å². The van der Waals surface area contributed by atoms with Crippen molar-refractivity contribution in [2.75, 3.05) is 13.1 Å². The third kappa shape index (κ3) is 2.74. The van der Waals surface area contributed by atoms with E-state index in [9.17, 15) is 9.90 Å². The zero-order chi connectivity index (χ0) is 11.5. The number of aliphatic carboxylic acids is 1.